The molecule has 3 rings (SSSR count). The molecule has 13 heteroatoms. The molecule has 1 aromatic heterocycles. The van der Waals surface area contributed by atoms with Gasteiger partial charge in [-0.15, -0.1) is 0 Å². The molecule has 3 atom stereocenters. The Balaban J connectivity index is 1.71. The molecule has 48 heavy (non-hydrogen) atoms. The van der Waals surface area contributed by atoms with Crippen molar-refractivity contribution in [3.8, 4) is 6.07 Å². The van der Waals surface area contributed by atoms with Crippen molar-refractivity contribution in [3.63, 3.8) is 0 Å². The average Bonchev–Trinajstić information content (AvgIpc) is 3.47. The molecule has 1 heterocycles. The number of hydrogen-bond donors (Lipinski definition) is 5. The van der Waals surface area contributed by atoms with E-state index >= 15 is 0 Å². The highest BCUT2D eigenvalue weighted by molar-refractivity contribution is 8.02. The number of aliphatic hydroxyl groups excluding tert-OH is 1. The summed E-state index contributed by atoms with van der Waals surface area (Å²) < 4.78 is 4.93. The van der Waals surface area contributed by atoms with E-state index in [1.54, 1.807) is 6.92 Å². The maximum atomic E-state index is 13.4. The van der Waals surface area contributed by atoms with Gasteiger partial charge in [0.15, 0.2) is 5.69 Å². The van der Waals surface area contributed by atoms with Crippen LogP contribution in [0.2, 0.25) is 0 Å². The number of benzene rings is 2. The number of carbonyl (C=O) groups excluding carboxylic acids is 4. The molecule has 5 N–H and O–H groups in total. The maximum Gasteiger partial charge on any atom is 0.274 e. The zero-order chi connectivity index (χ0) is 35.4. The predicted octanol–water partition coefficient (Wildman–Crippen LogP) is 3.62. The van der Waals surface area contributed by atoms with Crippen molar-refractivity contribution in [3.05, 3.63) is 93.7 Å². The third-order valence-corrected chi connectivity index (χ3v) is 7.84. The first kappa shape index (κ1) is 37.5. The van der Waals surface area contributed by atoms with Crippen LogP contribution in [-0.2, 0) is 27.3 Å². The number of aryl methyl sites for hydroxylation is 3. The minimum absolute atomic E-state index is 0.00271. The first-order valence-corrected chi connectivity index (χ1v) is 16.3. The lowest BCUT2D eigenvalue weighted by Gasteiger charge is -2.24. The molecule has 254 valence electrons. The summed E-state index contributed by atoms with van der Waals surface area (Å²) in [5.74, 6) is -1.92. The van der Waals surface area contributed by atoms with Gasteiger partial charge in [-0.1, -0.05) is 58.9 Å². The number of amides is 4. The van der Waals surface area contributed by atoms with E-state index in [4.69, 9.17) is 4.52 Å². The molecule has 0 unspecified atom stereocenters. The zero-order valence-electron chi connectivity index (χ0n) is 27.9. The van der Waals surface area contributed by atoms with E-state index in [9.17, 15) is 29.5 Å². The van der Waals surface area contributed by atoms with E-state index < -0.39 is 47.4 Å². The first-order chi connectivity index (χ1) is 22.6. The number of nitrogens with one attached hydrogen (secondary N) is 4. The second kappa shape index (κ2) is 17.3. The summed E-state index contributed by atoms with van der Waals surface area (Å²) in [5.41, 5.74) is 2.31. The Kier molecular flexibility index (Phi) is 13.5. The van der Waals surface area contributed by atoms with Crippen molar-refractivity contribution in [2.24, 2.45) is 0 Å². The lowest BCUT2D eigenvalue weighted by atomic mass is 10.0. The van der Waals surface area contributed by atoms with Crippen LogP contribution in [0.4, 0.5) is 0 Å². The van der Waals surface area contributed by atoms with Gasteiger partial charge in [0.1, 0.15) is 29.5 Å². The molecule has 3 aromatic rings. The molecule has 2 aromatic carbocycles. The number of aromatic nitrogens is 1. The van der Waals surface area contributed by atoms with Crippen LogP contribution in [0.3, 0.4) is 0 Å². The van der Waals surface area contributed by atoms with E-state index in [0.29, 0.717) is 12.2 Å². The minimum Gasteiger partial charge on any atom is -0.391 e. The highest BCUT2D eigenvalue weighted by Crippen LogP contribution is 2.22. The van der Waals surface area contributed by atoms with Gasteiger partial charge >= 0.3 is 0 Å². The quantitative estimate of drug-likeness (QED) is 0.0967. The van der Waals surface area contributed by atoms with Crippen molar-refractivity contribution in [2.75, 3.05) is 0 Å². The van der Waals surface area contributed by atoms with E-state index in [1.807, 2.05) is 82.3 Å². The fraction of sp³-hybridized carbons (Fsp3) is 0.371. The lowest BCUT2D eigenvalue weighted by molar-refractivity contribution is -0.131. The third-order valence-electron chi connectivity index (χ3n) is 6.94. The van der Waals surface area contributed by atoms with Gasteiger partial charge in [-0.2, -0.15) is 5.26 Å². The number of rotatable bonds is 14. The second-order valence-electron chi connectivity index (χ2n) is 12.4. The van der Waals surface area contributed by atoms with Crippen molar-refractivity contribution < 1.29 is 28.8 Å². The fourth-order valence-corrected chi connectivity index (χ4v) is 5.06. The Bertz CT molecular complexity index is 1650. The van der Waals surface area contributed by atoms with Crippen LogP contribution >= 0.6 is 11.8 Å². The maximum absolute atomic E-state index is 13.4. The van der Waals surface area contributed by atoms with Gasteiger partial charge in [-0.05, 0) is 83.1 Å². The molecule has 0 spiro atoms. The van der Waals surface area contributed by atoms with Crippen molar-refractivity contribution in [1.82, 2.24) is 26.4 Å². The summed E-state index contributed by atoms with van der Waals surface area (Å²) >= 11 is 1.23. The van der Waals surface area contributed by atoms with Gasteiger partial charge in [0.25, 0.3) is 11.8 Å². The molecule has 0 bridgehead atoms. The van der Waals surface area contributed by atoms with Gasteiger partial charge in [-0.3, -0.25) is 19.2 Å². The third kappa shape index (κ3) is 12.0. The molecule has 0 aliphatic carbocycles. The van der Waals surface area contributed by atoms with E-state index in [0.717, 1.165) is 21.6 Å². The normalized spacial score (nSPS) is 13.4. The Morgan fingerprint density at radius 3 is 2.21 bits per heavy atom. The fourth-order valence-electron chi connectivity index (χ4n) is 4.35. The predicted molar refractivity (Wildman–Crippen MR) is 181 cm³/mol. The molecule has 0 radical (unpaired) electrons. The van der Waals surface area contributed by atoms with Crippen LogP contribution in [0, 0.1) is 25.2 Å². The van der Waals surface area contributed by atoms with Gasteiger partial charge in [0.2, 0.25) is 11.8 Å². The molecule has 0 fully saturated rings. The van der Waals surface area contributed by atoms with Crippen LogP contribution in [-0.4, -0.2) is 57.6 Å². The minimum atomic E-state index is -1.37. The van der Waals surface area contributed by atoms with E-state index in [2.05, 4.69) is 26.4 Å². The largest absolute Gasteiger partial charge is 0.391 e. The molecule has 0 saturated heterocycles. The van der Waals surface area contributed by atoms with Crippen molar-refractivity contribution >= 4 is 35.4 Å². The Hall–Kier alpha value is -4.93. The molecular formula is C35H42N6O6S. The molecule has 0 aliphatic heterocycles. The van der Waals surface area contributed by atoms with Crippen LogP contribution in [0.1, 0.15) is 67.1 Å². The van der Waals surface area contributed by atoms with Crippen molar-refractivity contribution in [1.29, 1.82) is 5.26 Å². The molecule has 4 amide bonds. The zero-order valence-corrected chi connectivity index (χ0v) is 28.7. The number of nitrogens with zero attached hydrogens (tertiary/aromatic N) is 2. The summed E-state index contributed by atoms with van der Waals surface area (Å²) in [6.45, 7) is 10.7. The van der Waals surface area contributed by atoms with Gasteiger partial charge < -0.3 is 30.9 Å². The summed E-state index contributed by atoms with van der Waals surface area (Å²) in [5, 5.41) is 35.7. The summed E-state index contributed by atoms with van der Waals surface area (Å²) in [6.07, 6.45) is -0.657. The SMILES string of the molecule is Cc1ccc(CNC(=O)[C@H](CCc2ccc(S/C=C(\C#N)C(=O)NC(C)(C)C)cc2)NC(=O)[C@@H](NC(=O)c2cc(C)on2)[C@@H](C)O)cc1. The molecule has 0 saturated carbocycles. The van der Waals surface area contributed by atoms with Crippen LogP contribution in [0.15, 0.2) is 75.0 Å². The Morgan fingerprint density at radius 1 is 1.00 bits per heavy atom. The van der Waals surface area contributed by atoms with E-state index in [1.165, 1.54) is 30.2 Å². The lowest BCUT2D eigenvalue weighted by Crippen LogP contribution is -2.57. The number of hydrogen-bond acceptors (Lipinski definition) is 9. The van der Waals surface area contributed by atoms with Crippen LogP contribution in [0.25, 0.3) is 0 Å². The number of nitriles is 1. The Morgan fingerprint density at radius 2 is 1.65 bits per heavy atom. The second-order valence-corrected chi connectivity index (χ2v) is 13.4. The average molecular weight is 675 g/mol. The monoisotopic (exact) mass is 674 g/mol. The Labute approximate surface area is 284 Å². The number of thioether (sulfide) groups is 1. The molecular weight excluding hydrogens is 632 g/mol. The standard InChI is InChI=1S/C35H42N6O6S/c1-21-7-9-25(10-8-21)19-37-32(44)28(38-34(46)30(23(3)42)39-33(45)29-17-22(2)47-41-29)16-13-24-11-14-27(15-12-24)48-20-26(18-36)31(43)40-35(4,5)6/h7-12,14-15,17,20,23,28,30,42H,13,16,19H2,1-6H3,(H,37,44)(H,38,46)(H,39,45)(H,40,43)/b26-20+/t23-,28+,30+/m1/s1. The molecule has 0 aliphatic rings. The summed E-state index contributed by atoms with van der Waals surface area (Å²) in [7, 11) is 0. The highest BCUT2D eigenvalue weighted by Gasteiger charge is 2.30. The van der Waals surface area contributed by atoms with Crippen LogP contribution < -0.4 is 21.3 Å². The van der Waals surface area contributed by atoms with Crippen molar-refractivity contribution in [2.45, 2.75) is 89.6 Å². The van der Waals surface area contributed by atoms with Gasteiger partial charge in [0, 0.05) is 23.0 Å². The topological polar surface area (TPSA) is 186 Å². The number of aliphatic hydroxyl groups is 1. The van der Waals surface area contributed by atoms with Gasteiger partial charge in [0.05, 0.1) is 6.10 Å². The first-order valence-electron chi connectivity index (χ1n) is 15.4. The van der Waals surface area contributed by atoms with Crippen LogP contribution in [0.5, 0.6) is 0 Å². The highest BCUT2D eigenvalue weighted by atomic mass is 32.2. The molecule has 12 nitrogen and oxygen atoms in total. The summed E-state index contributed by atoms with van der Waals surface area (Å²) in [4.78, 5) is 52.6. The smallest absolute Gasteiger partial charge is 0.274 e. The van der Waals surface area contributed by atoms with E-state index in [-0.39, 0.29) is 24.2 Å². The number of carbonyl (C=O) groups is 4. The van der Waals surface area contributed by atoms with Gasteiger partial charge in [-0.25, -0.2) is 0 Å². The summed E-state index contributed by atoms with van der Waals surface area (Å²) in [6, 6.07) is 16.0.